The van der Waals surface area contributed by atoms with E-state index in [0.717, 1.165) is 37.3 Å². The number of aromatic nitrogens is 2. The highest BCUT2D eigenvalue weighted by Gasteiger charge is 2.42. The summed E-state index contributed by atoms with van der Waals surface area (Å²) in [6.07, 6.45) is 4.34. The van der Waals surface area contributed by atoms with Crippen molar-refractivity contribution in [1.82, 2.24) is 25.5 Å². The first-order valence-electron chi connectivity index (χ1n) is 10.6. The second kappa shape index (κ2) is 8.47. The van der Waals surface area contributed by atoms with Crippen LogP contribution in [0.1, 0.15) is 48.4 Å². The number of nitrogens with zero attached hydrogens (tertiary/aromatic N) is 2. The number of carbonyl (C=O) groups is 2. The van der Waals surface area contributed by atoms with Crippen LogP contribution in [0.3, 0.4) is 0 Å². The summed E-state index contributed by atoms with van der Waals surface area (Å²) >= 11 is 0. The predicted molar refractivity (Wildman–Crippen MR) is 112 cm³/mol. The Morgan fingerprint density at radius 2 is 2.00 bits per heavy atom. The lowest BCUT2D eigenvalue weighted by Crippen LogP contribution is -2.57. The molecule has 1 aromatic heterocycles. The largest absolute Gasteiger partial charge is 0.494 e. The highest BCUT2D eigenvalue weighted by molar-refractivity contribution is 5.97. The van der Waals surface area contributed by atoms with Gasteiger partial charge in [0, 0.05) is 37.3 Å². The first-order valence-corrected chi connectivity index (χ1v) is 10.6. The van der Waals surface area contributed by atoms with Gasteiger partial charge in [0.05, 0.1) is 24.2 Å². The number of imidazole rings is 1. The molecule has 3 N–H and O–H groups in total. The van der Waals surface area contributed by atoms with Crippen molar-refractivity contribution in [1.29, 1.82) is 0 Å². The van der Waals surface area contributed by atoms with Gasteiger partial charge in [-0.3, -0.25) is 9.59 Å². The fourth-order valence-electron chi connectivity index (χ4n) is 4.44. The number of piperidine rings is 1. The third-order valence-corrected chi connectivity index (χ3v) is 6.08. The first-order chi connectivity index (χ1) is 14.5. The molecule has 1 aromatic carbocycles. The molecule has 160 valence electrons. The molecule has 0 bridgehead atoms. The average molecular weight is 412 g/mol. The van der Waals surface area contributed by atoms with Gasteiger partial charge in [-0.15, -0.1) is 0 Å². The van der Waals surface area contributed by atoms with Crippen LogP contribution in [0.4, 0.5) is 0 Å². The summed E-state index contributed by atoms with van der Waals surface area (Å²) in [4.78, 5) is 35.1. The zero-order valence-corrected chi connectivity index (χ0v) is 17.5. The van der Waals surface area contributed by atoms with Crippen LogP contribution in [0.5, 0.6) is 5.75 Å². The molecule has 2 amide bonds. The second-order valence-corrected chi connectivity index (χ2v) is 7.97. The van der Waals surface area contributed by atoms with Crippen LogP contribution in [0.2, 0.25) is 0 Å². The van der Waals surface area contributed by atoms with E-state index < -0.39 is 6.04 Å². The summed E-state index contributed by atoms with van der Waals surface area (Å²) in [5, 5.41) is 6.46. The third-order valence-electron chi connectivity index (χ3n) is 6.08. The Balaban J connectivity index is 1.33. The normalized spacial score (nSPS) is 18.5. The maximum Gasteiger partial charge on any atom is 0.251 e. The van der Waals surface area contributed by atoms with Crippen molar-refractivity contribution in [2.75, 3.05) is 26.2 Å². The average Bonchev–Trinajstić information content (AvgIpc) is 3.25. The molecule has 8 nitrogen and oxygen atoms in total. The summed E-state index contributed by atoms with van der Waals surface area (Å²) in [5.41, 5.74) is 2.65. The maximum atomic E-state index is 12.9. The van der Waals surface area contributed by atoms with Gasteiger partial charge >= 0.3 is 0 Å². The van der Waals surface area contributed by atoms with Crippen LogP contribution in [-0.4, -0.2) is 59.0 Å². The third kappa shape index (κ3) is 3.92. The van der Waals surface area contributed by atoms with Crippen molar-refractivity contribution in [3.8, 4) is 5.75 Å². The van der Waals surface area contributed by atoms with E-state index >= 15 is 0 Å². The van der Waals surface area contributed by atoms with Crippen LogP contribution < -0.4 is 15.4 Å². The Morgan fingerprint density at radius 1 is 1.27 bits per heavy atom. The molecule has 1 atom stereocenters. The maximum absolute atomic E-state index is 12.9. The van der Waals surface area contributed by atoms with Crippen LogP contribution in [0.15, 0.2) is 30.6 Å². The summed E-state index contributed by atoms with van der Waals surface area (Å²) in [5.74, 6) is 0.404. The number of fused-ring (bicyclic) bond motifs is 2. The molecule has 3 heterocycles. The lowest BCUT2D eigenvalue weighted by atomic mass is 9.80. The van der Waals surface area contributed by atoms with Gasteiger partial charge in [-0.2, -0.15) is 0 Å². The van der Waals surface area contributed by atoms with Crippen molar-refractivity contribution in [3.63, 3.8) is 0 Å². The second-order valence-electron chi connectivity index (χ2n) is 7.97. The topological polar surface area (TPSA) is 99.4 Å². The molecule has 2 aliphatic heterocycles. The van der Waals surface area contributed by atoms with E-state index in [4.69, 9.17) is 4.74 Å². The van der Waals surface area contributed by atoms with Gasteiger partial charge in [-0.25, -0.2) is 4.98 Å². The lowest BCUT2D eigenvalue weighted by molar-refractivity contribution is -0.134. The molecule has 2 aromatic rings. The molecule has 0 radical (unpaired) electrons. The molecule has 30 heavy (non-hydrogen) atoms. The number of hydrogen-bond donors (Lipinski definition) is 3. The predicted octanol–water partition coefficient (Wildman–Crippen LogP) is 1.59. The van der Waals surface area contributed by atoms with Gasteiger partial charge < -0.3 is 25.3 Å². The van der Waals surface area contributed by atoms with Crippen LogP contribution >= 0.6 is 0 Å². The Morgan fingerprint density at radius 3 is 2.70 bits per heavy atom. The van der Waals surface area contributed by atoms with Gasteiger partial charge in [-0.05, 0) is 51.0 Å². The van der Waals surface area contributed by atoms with Crippen molar-refractivity contribution in [2.24, 2.45) is 0 Å². The zero-order valence-electron chi connectivity index (χ0n) is 17.5. The van der Waals surface area contributed by atoms with Gasteiger partial charge in [0.2, 0.25) is 5.91 Å². The summed E-state index contributed by atoms with van der Waals surface area (Å²) in [6, 6.07) is 6.35. The van der Waals surface area contributed by atoms with Crippen LogP contribution in [0.25, 0.3) is 0 Å². The Hall–Kier alpha value is -2.87. The lowest BCUT2D eigenvalue weighted by Gasteiger charge is -2.44. The fraction of sp³-hybridized carbons (Fsp3) is 0.500. The molecule has 1 fully saturated rings. The number of likely N-dealkylation sites (tertiary alicyclic amines) is 1. The van der Waals surface area contributed by atoms with Crippen LogP contribution in [-0.2, 0) is 16.8 Å². The minimum atomic E-state index is -0.585. The number of rotatable bonds is 5. The molecule has 1 spiro atoms. The number of amides is 2. The monoisotopic (exact) mass is 411 g/mol. The van der Waals surface area contributed by atoms with E-state index in [2.05, 4.69) is 20.6 Å². The Labute approximate surface area is 176 Å². The molecule has 1 unspecified atom stereocenters. The van der Waals surface area contributed by atoms with E-state index in [1.807, 2.05) is 11.8 Å². The quantitative estimate of drug-likeness (QED) is 0.694. The molecule has 0 saturated carbocycles. The summed E-state index contributed by atoms with van der Waals surface area (Å²) in [7, 11) is 0. The number of aromatic amines is 1. The van der Waals surface area contributed by atoms with Crippen LogP contribution in [0, 0.1) is 0 Å². The highest BCUT2D eigenvalue weighted by Crippen LogP contribution is 2.35. The van der Waals surface area contributed by atoms with E-state index in [9.17, 15) is 9.59 Å². The molecule has 8 heteroatoms. The summed E-state index contributed by atoms with van der Waals surface area (Å²) < 4.78 is 5.40. The van der Waals surface area contributed by atoms with E-state index in [1.54, 1.807) is 37.5 Å². The Bertz CT molecular complexity index is 900. The molecule has 1 saturated heterocycles. The number of hydrogen-bond acceptors (Lipinski definition) is 5. The van der Waals surface area contributed by atoms with Crippen molar-refractivity contribution in [3.05, 3.63) is 47.5 Å². The Kier molecular flexibility index (Phi) is 5.76. The van der Waals surface area contributed by atoms with Gasteiger partial charge in [-0.1, -0.05) is 0 Å². The van der Waals surface area contributed by atoms with E-state index in [-0.39, 0.29) is 17.4 Å². The number of ether oxygens (including phenoxy) is 1. The van der Waals surface area contributed by atoms with E-state index in [0.29, 0.717) is 25.3 Å². The van der Waals surface area contributed by atoms with Crippen molar-refractivity contribution < 1.29 is 14.3 Å². The molecular formula is C22H29N5O3. The first kappa shape index (κ1) is 20.4. The number of nitrogens with one attached hydrogen (secondary N) is 3. The zero-order chi connectivity index (χ0) is 21.1. The molecule has 4 rings (SSSR count). The smallest absolute Gasteiger partial charge is 0.251 e. The van der Waals surface area contributed by atoms with Gasteiger partial charge in [0.15, 0.2) is 0 Å². The molecule has 0 aliphatic carbocycles. The SMILES string of the molecule is CCOc1ccc(C(=O)NC(C)C(=O)N2CCC3(CC2)NCCc2[nH]cnc23)cc1. The fourth-order valence-corrected chi connectivity index (χ4v) is 4.44. The minimum Gasteiger partial charge on any atom is -0.494 e. The van der Waals surface area contributed by atoms with Crippen molar-refractivity contribution in [2.45, 2.75) is 44.7 Å². The minimum absolute atomic E-state index is 0.0535. The van der Waals surface area contributed by atoms with Crippen molar-refractivity contribution >= 4 is 11.8 Å². The standard InChI is InChI=1S/C22H29N5O3/c1-3-30-17-6-4-16(5-7-17)20(28)26-15(2)21(29)27-12-9-22(10-13-27)19-18(8-11-25-22)23-14-24-19/h4-7,14-15,25H,3,8-13H2,1-2H3,(H,23,24)(H,26,28). The van der Waals surface area contributed by atoms with E-state index in [1.165, 1.54) is 5.69 Å². The molecule has 2 aliphatic rings. The highest BCUT2D eigenvalue weighted by atomic mass is 16.5. The number of H-pyrrole nitrogens is 1. The number of carbonyl (C=O) groups excluding carboxylic acids is 2. The van der Waals surface area contributed by atoms with Gasteiger partial charge in [0.1, 0.15) is 11.8 Å². The number of benzene rings is 1. The summed E-state index contributed by atoms with van der Waals surface area (Å²) in [6.45, 7) is 6.42. The van der Waals surface area contributed by atoms with Gasteiger partial charge in [0.25, 0.3) is 5.91 Å². The molecular weight excluding hydrogens is 382 g/mol.